The van der Waals surface area contributed by atoms with Gasteiger partial charge in [-0.3, -0.25) is 0 Å². The molecule has 0 amide bonds. The van der Waals surface area contributed by atoms with Crippen LogP contribution in [0, 0.1) is 5.92 Å². The van der Waals surface area contributed by atoms with Crippen molar-refractivity contribution >= 4 is 5.97 Å². The van der Waals surface area contributed by atoms with E-state index in [-0.39, 0.29) is 6.10 Å². The van der Waals surface area contributed by atoms with Crippen LogP contribution in [0.5, 0.6) is 0 Å². The van der Waals surface area contributed by atoms with Crippen molar-refractivity contribution in [3.63, 3.8) is 0 Å². The van der Waals surface area contributed by atoms with E-state index in [2.05, 4.69) is 12.2 Å². The number of rotatable bonds is 5. The van der Waals surface area contributed by atoms with Gasteiger partial charge in [-0.25, -0.2) is 4.79 Å². The van der Waals surface area contributed by atoms with E-state index in [1.54, 1.807) is 0 Å². The normalized spacial score (nSPS) is 36.7. The summed E-state index contributed by atoms with van der Waals surface area (Å²) in [6, 6.07) is 0.611. The molecule has 104 valence electrons. The van der Waals surface area contributed by atoms with Crippen LogP contribution in [0.3, 0.4) is 0 Å². The molecule has 4 nitrogen and oxygen atoms in total. The Hall–Kier alpha value is -0.610. The van der Waals surface area contributed by atoms with Gasteiger partial charge < -0.3 is 15.2 Å². The van der Waals surface area contributed by atoms with E-state index in [4.69, 9.17) is 9.84 Å². The number of carbonyl (C=O) groups is 1. The minimum atomic E-state index is -0.819. The van der Waals surface area contributed by atoms with Crippen LogP contribution in [0.1, 0.15) is 51.9 Å². The van der Waals surface area contributed by atoms with Crippen molar-refractivity contribution in [2.24, 2.45) is 5.92 Å². The number of aliphatic carboxylic acids is 1. The maximum absolute atomic E-state index is 10.8. The molecule has 2 unspecified atom stereocenters. The van der Waals surface area contributed by atoms with E-state index in [0.717, 1.165) is 18.9 Å². The maximum atomic E-state index is 10.8. The molecule has 0 aromatic heterocycles. The Bertz CT molecular complexity index is 274. The summed E-state index contributed by atoms with van der Waals surface area (Å²) in [5.41, 5.74) is 0. The highest BCUT2D eigenvalue weighted by Crippen LogP contribution is 2.27. The van der Waals surface area contributed by atoms with Crippen LogP contribution in [-0.4, -0.2) is 35.9 Å². The van der Waals surface area contributed by atoms with Crippen LogP contribution >= 0.6 is 0 Å². The lowest BCUT2D eigenvalue weighted by Crippen LogP contribution is -2.38. The van der Waals surface area contributed by atoms with Gasteiger partial charge in [0.15, 0.2) is 6.10 Å². The summed E-state index contributed by atoms with van der Waals surface area (Å²) in [6.07, 6.45) is 7.52. The zero-order chi connectivity index (χ0) is 13.0. The zero-order valence-electron chi connectivity index (χ0n) is 11.2. The fourth-order valence-corrected chi connectivity index (χ4v) is 3.11. The SMILES string of the molecule is CCC1CCC(NCC2CCC(C(=O)O)O2)CC1. The topological polar surface area (TPSA) is 58.6 Å². The van der Waals surface area contributed by atoms with E-state index < -0.39 is 12.1 Å². The highest BCUT2D eigenvalue weighted by atomic mass is 16.5. The molecule has 1 aliphatic heterocycles. The van der Waals surface area contributed by atoms with Gasteiger partial charge in [0.05, 0.1) is 6.10 Å². The lowest BCUT2D eigenvalue weighted by molar-refractivity contribution is -0.149. The van der Waals surface area contributed by atoms with Crippen LogP contribution in [0.25, 0.3) is 0 Å². The maximum Gasteiger partial charge on any atom is 0.332 e. The van der Waals surface area contributed by atoms with Gasteiger partial charge in [0.1, 0.15) is 0 Å². The molecule has 2 aliphatic rings. The van der Waals surface area contributed by atoms with Gasteiger partial charge in [-0.1, -0.05) is 13.3 Å². The highest BCUT2D eigenvalue weighted by Gasteiger charge is 2.30. The average Bonchev–Trinajstić information content (AvgIpc) is 2.86. The van der Waals surface area contributed by atoms with Crippen molar-refractivity contribution < 1.29 is 14.6 Å². The molecule has 18 heavy (non-hydrogen) atoms. The Balaban J connectivity index is 1.63. The van der Waals surface area contributed by atoms with Crippen LogP contribution in [0.2, 0.25) is 0 Å². The van der Waals surface area contributed by atoms with Crippen LogP contribution in [0.4, 0.5) is 0 Å². The summed E-state index contributed by atoms with van der Waals surface area (Å²) >= 11 is 0. The van der Waals surface area contributed by atoms with Crippen LogP contribution < -0.4 is 5.32 Å². The highest BCUT2D eigenvalue weighted by molar-refractivity contribution is 5.72. The van der Waals surface area contributed by atoms with E-state index in [0.29, 0.717) is 12.5 Å². The Morgan fingerprint density at radius 2 is 1.94 bits per heavy atom. The summed E-state index contributed by atoms with van der Waals surface area (Å²) in [4.78, 5) is 10.8. The summed E-state index contributed by atoms with van der Waals surface area (Å²) in [5.74, 6) is 0.100. The third-order valence-corrected chi connectivity index (χ3v) is 4.44. The molecule has 1 aliphatic carbocycles. The predicted molar refractivity (Wildman–Crippen MR) is 69.6 cm³/mol. The largest absolute Gasteiger partial charge is 0.479 e. The number of carboxylic acid groups (broad SMARTS) is 1. The van der Waals surface area contributed by atoms with E-state index >= 15 is 0 Å². The molecule has 0 bridgehead atoms. The summed E-state index contributed by atoms with van der Waals surface area (Å²) in [7, 11) is 0. The monoisotopic (exact) mass is 255 g/mol. The van der Waals surface area contributed by atoms with Crippen molar-refractivity contribution in [1.82, 2.24) is 5.32 Å². The zero-order valence-corrected chi connectivity index (χ0v) is 11.2. The molecule has 2 fully saturated rings. The van der Waals surface area contributed by atoms with Crippen LogP contribution in [0.15, 0.2) is 0 Å². The molecule has 0 aromatic rings. The van der Waals surface area contributed by atoms with Gasteiger partial charge >= 0.3 is 5.97 Å². The fraction of sp³-hybridized carbons (Fsp3) is 0.929. The number of carboxylic acids is 1. The molecule has 2 N–H and O–H groups in total. The van der Waals surface area contributed by atoms with Gasteiger partial charge in [-0.05, 0) is 44.4 Å². The van der Waals surface area contributed by atoms with Gasteiger partial charge in [-0.15, -0.1) is 0 Å². The van der Waals surface area contributed by atoms with Crippen molar-refractivity contribution in [3.05, 3.63) is 0 Å². The Morgan fingerprint density at radius 3 is 2.50 bits per heavy atom. The van der Waals surface area contributed by atoms with Crippen molar-refractivity contribution in [2.45, 2.75) is 70.1 Å². The first-order valence-electron chi connectivity index (χ1n) is 7.30. The molecule has 4 heteroatoms. The lowest BCUT2D eigenvalue weighted by Gasteiger charge is -2.29. The first-order chi connectivity index (χ1) is 8.69. The Kier molecular flexibility index (Phi) is 5.01. The van der Waals surface area contributed by atoms with E-state index in [1.165, 1.54) is 32.1 Å². The standard InChI is InChI=1S/C14H25NO3/c1-2-10-3-5-11(6-4-10)15-9-12-7-8-13(18-12)14(16)17/h10-13,15H,2-9H2,1H3,(H,16,17). The molecular weight excluding hydrogens is 230 g/mol. The molecular formula is C14H25NO3. The van der Waals surface area contributed by atoms with Gasteiger partial charge in [-0.2, -0.15) is 0 Å². The second kappa shape index (κ2) is 6.53. The molecule has 0 spiro atoms. The quantitative estimate of drug-likeness (QED) is 0.790. The third kappa shape index (κ3) is 3.69. The molecule has 2 rings (SSSR count). The number of hydrogen-bond acceptors (Lipinski definition) is 3. The van der Waals surface area contributed by atoms with E-state index in [9.17, 15) is 4.79 Å². The second-order valence-electron chi connectivity index (χ2n) is 5.70. The molecule has 1 heterocycles. The van der Waals surface area contributed by atoms with Crippen molar-refractivity contribution in [1.29, 1.82) is 0 Å². The number of ether oxygens (including phenoxy) is 1. The summed E-state index contributed by atoms with van der Waals surface area (Å²) < 4.78 is 5.49. The third-order valence-electron chi connectivity index (χ3n) is 4.44. The van der Waals surface area contributed by atoms with Crippen molar-refractivity contribution in [2.75, 3.05) is 6.54 Å². The second-order valence-corrected chi connectivity index (χ2v) is 5.70. The molecule has 1 saturated heterocycles. The lowest BCUT2D eigenvalue weighted by atomic mass is 9.84. The molecule has 2 atom stereocenters. The predicted octanol–water partition coefficient (Wildman–Crippen LogP) is 2.18. The van der Waals surface area contributed by atoms with Crippen molar-refractivity contribution in [3.8, 4) is 0 Å². The van der Waals surface area contributed by atoms with Gasteiger partial charge in [0.25, 0.3) is 0 Å². The number of hydrogen-bond donors (Lipinski definition) is 2. The molecule has 0 aromatic carbocycles. The smallest absolute Gasteiger partial charge is 0.332 e. The fourth-order valence-electron chi connectivity index (χ4n) is 3.11. The van der Waals surface area contributed by atoms with Crippen LogP contribution in [-0.2, 0) is 9.53 Å². The Labute approximate surface area is 109 Å². The first-order valence-corrected chi connectivity index (χ1v) is 7.30. The van der Waals surface area contributed by atoms with Gasteiger partial charge in [0, 0.05) is 12.6 Å². The first kappa shape index (κ1) is 13.8. The minimum absolute atomic E-state index is 0.0926. The van der Waals surface area contributed by atoms with E-state index in [1.807, 2.05) is 0 Å². The summed E-state index contributed by atoms with van der Waals surface area (Å²) in [5, 5.41) is 12.4. The minimum Gasteiger partial charge on any atom is -0.479 e. The summed E-state index contributed by atoms with van der Waals surface area (Å²) in [6.45, 7) is 3.09. The van der Waals surface area contributed by atoms with Gasteiger partial charge in [0.2, 0.25) is 0 Å². The average molecular weight is 255 g/mol. The number of nitrogens with one attached hydrogen (secondary N) is 1. The Morgan fingerprint density at radius 1 is 1.22 bits per heavy atom. The molecule has 1 saturated carbocycles. The molecule has 0 radical (unpaired) electrons.